The molecule has 0 aliphatic heterocycles. The third kappa shape index (κ3) is 8.03. The Morgan fingerprint density at radius 2 is 1.24 bits per heavy atom. The van der Waals surface area contributed by atoms with Crippen LogP contribution in [-0.2, 0) is 0 Å². The summed E-state index contributed by atoms with van der Waals surface area (Å²) >= 11 is 0. The first-order chi connectivity index (χ1) is 18.0. The lowest BCUT2D eigenvalue weighted by Crippen LogP contribution is -2.42. The molecule has 0 spiro atoms. The molecule has 37 heavy (non-hydrogen) atoms. The van der Waals surface area contributed by atoms with E-state index in [1.54, 1.807) is 83.5 Å². The first-order valence-corrected chi connectivity index (χ1v) is 18.0. The molecule has 0 aromatic rings. The predicted molar refractivity (Wildman–Crippen MR) is 164 cm³/mol. The van der Waals surface area contributed by atoms with E-state index in [2.05, 4.69) is 34.6 Å². The first kappa shape index (κ1) is 30.0. The summed E-state index contributed by atoms with van der Waals surface area (Å²) in [6.07, 6.45) is 32.0. The molecule has 5 saturated carbocycles. The zero-order chi connectivity index (χ0) is 26.2. The van der Waals surface area contributed by atoms with E-state index in [0.29, 0.717) is 0 Å². The molecule has 5 aliphatic carbocycles. The van der Waals surface area contributed by atoms with Crippen molar-refractivity contribution in [3.05, 3.63) is 0 Å². The Hall–Kier alpha value is 0. The highest BCUT2D eigenvalue weighted by molar-refractivity contribution is 4.97. The first-order valence-electron chi connectivity index (χ1n) is 18.0. The van der Waals surface area contributed by atoms with Crippen LogP contribution in [0.1, 0.15) is 169 Å². The summed E-state index contributed by atoms with van der Waals surface area (Å²) < 4.78 is 0. The molecule has 216 valence electrons. The van der Waals surface area contributed by atoms with Gasteiger partial charge in [0.15, 0.2) is 0 Å². The fourth-order valence-corrected chi connectivity index (χ4v) is 10.9. The van der Waals surface area contributed by atoms with Gasteiger partial charge < -0.3 is 0 Å². The molecule has 0 heteroatoms. The summed E-state index contributed by atoms with van der Waals surface area (Å²) in [6.45, 7) is 12.2. The average molecular weight is 513 g/mol. The molecule has 0 amide bonds. The molecule has 0 radical (unpaired) electrons. The minimum Gasteiger partial charge on any atom is -0.0654 e. The lowest BCUT2D eigenvalue weighted by molar-refractivity contribution is -0.00258. The fraction of sp³-hybridized carbons (Fsp3) is 1.00. The van der Waals surface area contributed by atoms with E-state index in [4.69, 9.17) is 0 Å². The Balaban J connectivity index is 0.000000186. The molecule has 5 fully saturated rings. The highest BCUT2D eigenvalue weighted by Crippen LogP contribution is 2.56. The van der Waals surface area contributed by atoms with Crippen molar-refractivity contribution in [2.75, 3.05) is 0 Å². The van der Waals surface area contributed by atoms with E-state index in [1.807, 2.05) is 0 Å². The maximum absolute atomic E-state index is 2.61. The van der Waals surface area contributed by atoms with Gasteiger partial charge in [-0.25, -0.2) is 0 Å². The van der Waals surface area contributed by atoms with Crippen molar-refractivity contribution in [3.8, 4) is 0 Å². The van der Waals surface area contributed by atoms with E-state index in [-0.39, 0.29) is 0 Å². The third-order valence-corrected chi connectivity index (χ3v) is 12.9. The van der Waals surface area contributed by atoms with Gasteiger partial charge in [-0.2, -0.15) is 0 Å². The fourth-order valence-electron chi connectivity index (χ4n) is 10.9. The van der Waals surface area contributed by atoms with Gasteiger partial charge in [0.25, 0.3) is 0 Å². The van der Waals surface area contributed by atoms with Gasteiger partial charge in [-0.1, -0.05) is 118 Å². The Kier molecular flexibility index (Phi) is 12.2. The van der Waals surface area contributed by atoms with Crippen LogP contribution < -0.4 is 0 Å². The van der Waals surface area contributed by atoms with Crippen molar-refractivity contribution in [1.82, 2.24) is 0 Å². The van der Waals surface area contributed by atoms with Crippen molar-refractivity contribution in [3.63, 3.8) is 0 Å². The van der Waals surface area contributed by atoms with E-state index < -0.39 is 0 Å². The molecule has 0 aromatic carbocycles. The molecule has 9 atom stereocenters. The SMILES string of the molecule is CCCC1CCCC(C2CCC(C)C2)C1.CCCCC1C(C)CC2CCCC2C1C1CCC(CC)CC1. The monoisotopic (exact) mass is 513 g/mol. The molecule has 0 N–H and O–H groups in total. The van der Waals surface area contributed by atoms with Crippen molar-refractivity contribution in [2.45, 2.75) is 169 Å². The third-order valence-electron chi connectivity index (χ3n) is 12.9. The molecule has 0 nitrogen and oxygen atoms in total. The number of hydrogen-bond donors (Lipinski definition) is 0. The quantitative estimate of drug-likeness (QED) is 0.303. The van der Waals surface area contributed by atoms with Gasteiger partial charge in [0.05, 0.1) is 0 Å². The minimum absolute atomic E-state index is 1.01. The predicted octanol–water partition coefficient (Wildman–Crippen LogP) is 12.1. The topological polar surface area (TPSA) is 0 Å². The molecule has 0 aromatic heterocycles. The second-order valence-corrected chi connectivity index (χ2v) is 15.4. The molecular weight excluding hydrogens is 444 g/mol. The molecule has 0 heterocycles. The van der Waals surface area contributed by atoms with Crippen molar-refractivity contribution in [2.24, 2.45) is 65.1 Å². The maximum atomic E-state index is 2.61. The number of unbranched alkanes of at least 4 members (excludes halogenated alkanes) is 1. The molecule has 9 unspecified atom stereocenters. The average Bonchev–Trinajstić information content (AvgIpc) is 3.57. The summed E-state index contributed by atoms with van der Waals surface area (Å²) in [5.41, 5.74) is 0. The van der Waals surface area contributed by atoms with E-state index in [1.165, 1.54) is 51.4 Å². The van der Waals surface area contributed by atoms with E-state index in [0.717, 1.165) is 65.1 Å². The molecule has 5 aliphatic rings. The van der Waals surface area contributed by atoms with Gasteiger partial charge in [-0.3, -0.25) is 0 Å². The van der Waals surface area contributed by atoms with Gasteiger partial charge in [0.2, 0.25) is 0 Å². The zero-order valence-corrected chi connectivity index (χ0v) is 26.2. The minimum atomic E-state index is 1.01. The largest absolute Gasteiger partial charge is 0.0654 e. The van der Waals surface area contributed by atoms with Gasteiger partial charge >= 0.3 is 0 Å². The van der Waals surface area contributed by atoms with Crippen LogP contribution in [0.5, 0.6) is 0 Å². The smallest absolute Gasteiger partial charge is 0.0324 e. The number of hydrogen-bond acceptors (Lipinski definition) is 0. The van der Waals surface area contributed by atoms with E-state index in [9.17, 15) is 0 Å². The Morgan fingerprint density at radius 3 is 1.92 bits per heavy atom. The Morgan fingerprint density at radius 1 is 0.541 bits per heavy atom. The highest BCUT2D eigenvalue weighted by Gasteiger charge is 2.47. The normalized spacial score (nSPS) is 44.2. The molecule has 5 rings (SSSR count). The van der Waals surface area contributed by atoms with Crippen LogP contribution >= 0.6 is 0 Å². The van der Waals surface area contributed by atoms with Crippen molar-refractivity contribution < 1.29 is 0 Å². The van der Waals surface area contributed by atoms with Gasteiger partial charge in [-0.05, 0) is 116 Å². The lowest BCUT2D eigenvalue weighted by Gasteiger charge is -2.49. The molecule has 0 bridgehead atoms. The van der Waals surface area contributed by atoms with Gasteiger partial charge in [0.1, 0.15) is 0 Å². The van der Waals surface area contributed by atoms with Crippen LogP contribution in [-0.4, -0.2) is 0 Å². The second-order valence-electron chi connectivity index (χ2n) is 15.4. The summed E-state index contributed by atoms with van der Waals surface area (Å²) in [6, 6.07) is 0. The zero-order valence-electron chi connectivity index (χ0n) is 26.2. The maximum Gasteiger partial charge on any atom is -0.0324 e. The molecule has 0 saturated heterocycles. The Labute approximate surface area is 234 Å². The summed E-state index contributed by atoms with van der Waals surface area (Å²) in [7, 11) is 0. The lowest BCUT2D eigenvalue weighted by atomic mass is 9.56. The van der Waals surface area contributed by atoms with Crippen molar-refractivity contribution in [1.29, 1.82) is 0 Å². The van der Waals surface area contributed by atoms with Crippen LogP contribution in [0, 0.1) is 65.1 Å². The summed E-state index contributed by atoms with van der Waals surface area (Å²) in [5, 5.41) is 0. The van der Waals surface area contributed by atoms with Gasteiger partial charge in [0, 0.05) is 0 Å². The van der Waals surface area contributed by atoms with Crippen LogP contribution in [0.15, 0.2) is 0 Å². The van der Waals surface area contributed by atoms with Crippen LogP contribution in [0.4, 0.5) is 0 Å². The second kappa shape index (κ2) is 15.1. The Bertz CT molecular complexity index is 612. The number of rotatable bonds is 8. The summed E-state index contributed by atoms with van der Waals surface area (Å²) in [5.74, 6) is 11.9. The standard InChI is InChI=1S/C22H40.C15H28/c1-4-6-9-20-16(3)15-19-8-7-10-21(19)22(20)18-13-11-17(5-2)12-14-18;1-3-5-13-6-4-7-14(11-13)15-9-8-12(2)10-15/h16-22H,4-15H2,1-3H3;12-15H,3-11H2,1-2H3. The van der Waals surface area contributed by atoms with Crippen LogP contribution in [0.25, 0.3) is 0 Å². The molecular formula is C37H68. The van der Waals surface area contributed by atoms with Crippen molar-refractivity contribution >= 4 is 0 Å². The van der Waals surface area contributed by atoms with Crippen LogP contribution in [0.3, 0.4) is 0 Å². The van der Waals surface area contributed by atoms with Crippen LogP contribution in [0.2, 0.25) is 0 Å². The van der Waals surface area contributed by atoms with E-state index >= 15 is 0 Å². The summed E-state index contributed by atoms with van der Waals surface area (Å²) in [4.78, 5) is 0. The van der Waals surface area contributed by atoms with Gasteiger partial charge in [-0.15, -0.1) is 0 Å². The highest BCUT2D eigenvalue weighted by atomic mass is 14.5. The number of fused-ring (bicyclic) bond motifs is 1.